The second kappa shape index (κ2) is 5.28. The van der Waals surface area contributed by atoms with Gasteiger partial charge in [-0.2, -0.15) is 0 Å². The minimum atomic E-state index is -2.13. The van der Waals surface area contributed by atoms with Crippen molar-refractivity contribution >= 4 is 8.56 Å². The van der Waals surface area contributed by atoms with Gasteiger partial charge in [-0.3, -0.25) is 0 Å². The molecule has 0 heterocycles. The van der Waals surface area contributed by atoms with E-state index < -0.39 is 8.56 Å². The minimum Gasteiger partial charge on any atom is -0.411 e. The Morgan fingerprint density at radius 1 is 1.25 bits per heavy atom. The Labute approximate surface area is 52.7 Å². The highest BCUT2D eigenvalue weighted by atomic mass is 28.4. The second-order valence-corrected chi connectivity index (χ2v) is 4.95. The molecule has 0 atom stereocenters. The zero-order valence-electron chi connectivity index (χ0n) is 6.36. The highest BCUT2D eigenvalue weighted by Crippen LogP contribution is 1.92. The normalized spacial score (nSPS) is 9.75. The average molecular weight is 136 g/mol. The summed E-state index contributed by atoms with van der Waals surface area (Å²) in [6.07, 6.45) is 0. The lowest BCUT2D eigenvalue weighted by Gasteiger charge is -2.08. The minimum absolute atomic E-state index is 1.52. The van der Waals surface area contributed by atoms with E-state index in [1.165, 1.54) is 7.11 Å². The zero-order chi connectivity index (χ0) is 7.21. The maximum Gasteiger partial charge on any atom is 0.328 e. The van der Waals surface area contributed by atoms with Gasteiger partial charge in [-0.25, -0.2) is 0 Å². The molecule has 0 bridgehead atoms. The maximum absolute atomic E-state index is 8.74. The van der Waals surface area contributed by atoms with Gasteiger partial charge in [0.2, 0.25) is 0 Å². The van der Waals surface area contributed by atoms with Crippen LogP contribution in [0.3, 0.4) is 0 Å². The van der Waals surface area contributed by atoms with Gasteiger partial charge in [-0.15, -0.1) is 0 Å². The molecule has 0 aliphatic carbocycles. The van der Waals surface area contributed by atoms with Crippen LogP contribution >= 0.6 is 0 Å². The summed E-state index contributed by atoms with van der Waals surface area (Å²) in [6.45, 7) is 7.43. The van der Waals surface area contributed by atoms with Gasteiger partial charge >= 0.3 is 8.56 Å². The molecule has 0 unspecified atom stereocenters. The Morgan fingerprint density at radius 2 is 1.38 bits per heavy atom. The van der Waals surface area contributed by atoms with Gasteiger partial charge in [0.1, 0.15) is 0 Å². The third-order valence-corrected chi connectivity index (χ3v) is 1.50. The molecule has 2 nitrogen and oxygen atoms in total. The molecule has 1 N–H and O–H groups in total. The predicted octanol–water partition coefficient (Wildman–Crippen LogP) is 1.35. The van der Waals surface area contributed by atoms with Crippen LogP contribution in [0.1, 0.15) is 13.8 Å². The van der Waals surface area contributed by atoms with Crippen molar-refractivity contribution in [1.29, 1.82) is 0 Å². The second-order valence-electron chi connectivity index (χ2n) is 1.65. The van der Waals surface area contributed by atoms with E-state index in [1.54, 1.807) is 13.1 Å². The SMILES string of the molecule is CC.CO[Si](C)(C)O. The van der Waals surface area contributed by atoms with Gasteiger partial charge in [0.25, 0.3) is 0 Å². The van der Waals surface area contributed by atoms with Crippen LogP contribution in [0.4, 0.5) is 0 Å². The van der Waals surface area contributed by atoms with Gasteiger partial charge in [0, 0.05) is 7.11 Å². The molecule has 3 heteroatoms. The third-order valence-electron chi connectivity index (χ3n) is 0.500. The summed E-state index contributed by atoms with van der Waals surface area (Å²) < 4.78 is 4.63. The summed E-state index contributed by atoms with van der Waals surface area (Å²) in [5.41, 5.74) is 0. The van der Waals surface area contributed by atoms with Crippen LogP contribution < -0.4 is 0 Å². The fourth-order valence-electron chi connectivity index (χ4n) is 0. The van der Waals surface area contributed by atoms with E-state index in [0.29, 0.717) is 0 Å². The predicted molar refractivity (Wildman–Crippen MR) is 38.1 cm³/mol. The van der Waals surface area contributed by atoms with Gasteiger partial charge in [-0.05, 0) is 13.1 Å². The smallest absolute Gasteiger partial charge is 0.328 e. The van der Waals surface area contributed by atoms with Crippen LogP contribution in [0.2, 0.25) is 13.1 Å². The van der Waals surface area contributed by atoms with E-state index in [9.17, 15) is 0 Å². The van der Waals surface area contributed by atoms with Crippen molar-refractivity contribution in [3.05, 3.63) is 0 Å². The molecule has 0 radical (unpaired) electrons. The van der Waals surface area contributed by atoms with Crippen molar-refractivity contribution in [2.24, 2.45) is 0 Å². The maximum atomic E-state index is 8.74. The average Bonchev–Trinajstić information content (AvgIpc) is 1.71. The van der Waals surface area contributed by atoms with E-state index in [4.69, 9.17) is 4.80 Å². The third kappa shape index (κ3) is 16.5. The van der Waals surface area contributed by atoms with Gasteiger partial charge in [-0.1, -0.05) is 13.8 Å². The topological polar surface area (TPSA) is 29.5 Å². The summed E-state index contributed by atoms with van der Waals surface area (Å²) in [7, 11) is -0.611. The Morgan fingerprint density at radius 3 is 1.38 bits per heavy atom. The zero-order valence-corrected chi connectivity index (χ0v) is 7.36. The lowest BCUT2D eigenvalue weighted by molar-refractivity contribution is 0.305. The first-order valence-corrected chi connectivity index (χ1v) is 5.69. The lowest BCUT2D eigenvalue weighted by atomic mass is 11.0. The molecular weight excluding hydrogens is 120 g/mol. The fourth-order valence-corrected chi connectivity index (χ4v) is 0. The largest absolute Gasteiger partial charge is 0.411 e. The molecule has 0 fully saturated rings. The number of rotatable bonds is 1. The Bertz CT molecular complexity index is 40.2. The quantitative estimate of drug-likeness (QED) is 0.551. The summed E-state index contributed by atoms with van der Waals surface area (Å²) in [5, 5.41) is 0. The molecule has 0 aromatic carbocycles. The molecule has 0 amide bonds. The van der Waals surface area contributed by atoms with Crippen LogP contribution in [-0.2, 0) is 4.43 Å². The van der Waals surface area contributed by atoms with Gasteiger partial charge in [0.05, 0.1) is 0 Å². The fraction of sp³-hybridized carbons (Fsp3) is 1.00. The monoisotopic (exact) mass is 136 g/mol. The summed E-state index contributed by atoms with van der Waals surface area (Å²) in [4.78, 5) is 8.74. The summed E-state index contributed by atoms with van der Waals surface area (Å²) in [6, 6.07) is 0. The van der Waals surface area contributed by atoms with Crippen LogP contribution in [-0.4, -0.2) is 20.5 Å². The van der Waals surface area contributed by atoms with Crippen molar-refractivity contribution in [2.45, 2.75) is 26.9 Å². The van der Waals surface area contributed by atoms with Crippen LogP contribution in [0.15, 0.2) is 0 Å². The first-order chi connectivity index (χ1) is 3.56. The highest BCUT2D eigenvalue weighted by molar-refractivity contribution is 6.63. The molecule has 0 aromatic heterocycles. The van der Waals surface area contributed by atoms with E-state index in [1.807, 2.05) is 13.8 Å². The van der Waals surface area contributed by atoms with Gasteiger partial charge < -0.3 is 9.22 Å². The molecular formula is C5H16O2Si. The van der Waals surface area contributed by atoms with Crippen LogP contribution in [0.25, 0.3) is 0 Å². The van der Waals surface area contributed by atoms with Crippen molar-refractivity contribution in [2.75, 3.05) is 7.11 Å². The van der Waals surface area contributed by atoms with Crippen molar-refractivity contribution in [3.63, 3.8) is 0 Å². The molecule has 52 valence electrons. The van der Waals surface area contributed by atoms with Crippen molar-refractivity contribution in [1.82, 2.24) is 0 Å². The summed E-state index contributed by atoms with van der Waals surface area (Å²) in [5.74, 6) is 0. The van der Waals surface area contributed by atoms with Crippen LogP contribution in [0, 0.1) is 0 Å². The molecule has 8 heavy (non-hydrogen) atoms. The van der Waals surface area contributed by atoms with Crippen LogP contribution in [0.5, 0.6) is 0 Å². The standard InChI is InChI=1S/C3H10O2Si.C2H6/c1-5-6(2,3)4;1-2/h4H,1-3H3;1-2H3. The van der Waals surface area contributed by atoms with Crippen molar-refractivity contribution < 1.29 is 9.22 Å². The first kappa shape index (κ1) is 11.0. The molecule has 0 aliphatic heterocycles. The molecule has 0 aromatic rings. The first-order valence-electron chi connectivity index (χ1n) is 2.84. The van der Waals surface area contributed by atoms with E-state index >= 15 is 0 Å². The van der Waals surface area contributed by atoms with E-state index in [-0.39, 0.29) is 0 Å². The van der Waals surface area contributed by atoms with E-state index in [2.05, 4.69) is 4.43 Å². The van der Waals surface area contributed by atoms with E-state index in [0.717, 1.165) is 0 Å². The molecule has 0 spiro atoms. The highest BCUT2D eigenvalue weighted by Gasteiger charge is 2.14. The molecule has 0 aliphatic rings. The molecule has 0 saturated carbocycles. The lowest BCUT2D eigenvalue weighted by Crippen LogP contribution is -2.27. The van der Waals surface area contributed by atoms with Gasteiger partial charge in [0.15, 0.2) is 0 Å². The van der Waals surface area contributed by atoms with Crippen molar-refractivity contribution in [3.8, 4) is 0 Å². The Kier molecular flexibility index (Phi) is 7.26. The number of hydrogen-bond acceptors (Lipinski definition) is 2. The Hall–Kier alpha value is 0.137. The number of hydrogen-bond donors (Lipinski definition) is 1. The molecule has 0 saturated heterocycles. The molecule has 0 rings (SSSR count). The Balaban J connectivity index is 0. The summed E-state index contributed by atoms with van der Waals surface area (Å²) >= 11 is 0.